The van der Waals surface area contributed by atoms with Crippen molar-refractivity contribution in [1.29, 1.82) is 0 Å². The third-order valence-corrected chi connectivity index (χ3v) is 6.09. The van der Waals surface area contributed by atoms with E-state index in [1.54, 1.807) is 12.3 Å². The average molecular weight is 719 g/mol. The van der Waals surface area contributed by atoms with Gasteiger partial charge in [-0.25, -0.2) is 0 Å². The van der Waals surface area contributed by atoms with E-state index < -0.39 is 11.7 Å². The van der Waals surface area contributed by atoms with Crippen LogP contribution in [0.4, 0.5) is 13.2 Å². The van der Waals surface area contributed by atoms with Gasteiger partial charge in [0.1, 0.15) is 0 Å². The number of carbonyl (C=O) groups excluding carboxylic acids is 1. The van der Waals surface area contributed by atoms with Gasteiger partial charge in [-0.15, -0.1) is 34.9 Å². The minimum Gasteiger partial charge on any atom is -0.512 e. The van der Waals surface area contributed by atoms with Crippen molar-refractivity contribution in [3.05, 3.63) is 114 Å². The van der Waals surface area contributed by atoms with Crippen molar-refractivity contribution < 1.29 is 43.2 Å². The minimum absolute atomic E-state index is 0. The van der Waals surface area contributed by atoms with Gasteiger partial charge >= 0.3 is 6.18 Å². The Labute approximate surface area is 244 Å². The predicted molar refractivity (Wildman–Crippen MR) is 150 cm³/mol. The summed E-state index contributed by atoms with van der Waals surface area (Å²) < 4.78 is 40.7. The van der Waals surface area contributed by atoms with Gasteiger partial charge < -0.3 is 10.1 Å². The van der Waals surface area contributed by atoms with Crippen LogP contribution < -0.4 is 0 Å². The Morgan fingerprint density at radius 1 is 0.925 bits per heavy atom. The largest absolute Gasteiger partial charge is 0.512 e. The number of aliphatic hydroxyl groups is 1. The van der Waals surface area contributed by atoms with Gasteiger partial charge in [0, 0.05) is 32.4 Å². The molecule has 207 valence electrons. The second-order valence-electron chi connectivity index (χ2n) is 9.46. The summed E-state index contributed by atoms with van der Waals surface area (Å²) in [7, 11) is 0. The molecule has 0 unspecified atom stereocenters. The number of fused-ring (bicyclic) bond motifs is 3. The van der Waals surface area contributed by atoms with Crippen molar-refractivity contribution in [2.24, 2.45) is 0 Å². The summed E-state index contributed by atoms with van der Waals surface area (Å²) in [4.78, 5) is 14.6. The molecule has 0 atom stereocenters. The Kier molecular flexibility index (Phi) is 9.67. The number of benzene rings is 4. The topological polar surface area (TPSA) is 50.2 Å². The van der Waals surface area contributed by atoms with Crippen LogP contribution in [-0.2, 0) is 31.1 Å². The molecule has 40 heavy (non-hydrogen) atoms. The van der Waals surface area contributed by atoms with Crippen LogP contribution in [0.3, 0.4) is 0 Å². The molecule has 7 heteroatoms. The number of hydrogen-bond acceptors (Lipinski definition) is 3. The first-order valence-corrected chi connectivity index (χ1v) is 12.3. The Morgan fingerprint density at radius 3 is 2.20 bits per heavy atom. The maximum atomic E-state index is 13.6. The summed E-state index contributed by atoms with van der Waals surface area (Å²) in [6.07, 6.45) is -1.51. The van der Waals surface area contributed by atoms with E-state index in [1.807, 2.05) is 68.4 Å². The Bertz CT molecular complexity index is 1690. The molecule has 0 aliphatic heterocycles. The van der Waals surface area contributed by atoms with Crippen molar-refractivity contribution in [3.8, 4) is 22.4 Å². The molecule has 1 N–H and O–H groups in total. The summed E-state index contributed by atoms with van der Waals surface area (Å²) in [5, 5.41) is 11.4. The summed E-state index contributed by atoms with van der Waals surface area (Å²) in [6.45, 7) is 6.83. The molecule has 0 fully saturated rings. The zero-order chi connectivity index (χ0) is 28.3. The Hall–Kier alpha value is -3.80. The molecule has 0 aliphatic rings. The third kappa shape index (κ3) is 7.03. The number of carbonyl (C=O) groups is 1. The molecule has 1 radical (unpaired) electrons. The maximum Gasteiger partial charge on any atom is 0.416 e. The smallest absolute Gasteiger partial charge is 0.416 e. The molecule has 3 nitrogen and oxygen atoms in total. The summed E-state index contributed by atoms with van der Waals surface area (Å²) in [5.74, 6) is -0.0625. The Morgan fingerprint density at radius 2 is 1.62 bits per heavy atom. The molecule has 0 amide bonds. The number of alkyl halides is 3. The fourth-order valence-electron chi connectivity index (χ4n) is 4.65. The van der Waals surface area contributed by atoms with Crippen molar-refractivity contribution in [3.63, 3.8) is 0 Å². The van der Waals surface area contributed by atoms with E-state index in [0.717, 1.165) is 55.7 Å². The monoisotopic (exact) mass is 719 g/mol. The average Bonchev–Trinajstić information content (AvgIpc) is 2.86. The van der Waals surface area contributed by atoms with E-state index in [-0.39, 0.29) is 31.6 Å². The van der Waals surface area contributed by atoms with E-state index in [4.69, 9.17) is 5.11 Å². The number of pyridine rings is 1. The second kappa shape index (κ2) is 12.6. The van der Waals surface area contributed by atoms with Crippen LogP contribution >= 0.6 is 0 Å². The number of rotatable bonds is 3. The molecule has 0 saturated heterocycles. The van der Waals surface area contributed by atoms with Gasteiger partial charge in [-0.2, -0.15) is 13.2 Å². The zero-order valence-corrected chi connectivity index (χ0v) is 24.7. The van der Waals surface area contributed by atoms with Crippen LogP contribution in [0.15, 0.2) is 90.8 Å². The second-order valence-corrected chi connectivity index (χ2v) is 9.46. The van der Waals surface area contributed by atoms with Crippen LogP contribution in [-0.4, -0.2) is 15.9 Å². The van der Waals surface area contributed by atoms with Gasteiger partial charge in [-0.05, 0) is 76.5 Å². The molecule has 1 heterocycles. The zero-order valence-electron chi connectivity index (χ0n) is 22.4. The molecule has 0 aliphatic carbocycles. The van der Waals surface area contributed by atoms with Gasteiger partial charge in [-0.1, -0.05) is 50.2 Å². The van der Waals surface area contributed by atoms with E-state index in [0.29, 0.717) is 5.39 Å². The van der Waals surface area contributed by atoms with Crippen molar-refractivity contribution in [1.82, 2.24) is 4.98 Å². The summed E-state index contributed by atoms with van der Waals surface area (Å²) in [6, 6.07) is 24.8. The maximum absolute atomic E-state index is 13.6. The first-order chi connectivity index (χ1) is 18.4. The molecule has 0 saturated carbocycles. The molecule has 4 aromatic carbocycles. The SMILES string of the molecule is CC(=O)/C=C(/C)O.Cc1[c-]c(-c2nccc3cc(-c4ccccc4)c4cc(C(F)(F)F)ccc4c23)cc(C)c1.[Ir]. The minimum atomic E-state index is -4.42. The van der Waals surface area contributed by atoms with Gasteiger partial charge in [0.15, 0.2) is 5.78 Å². The number of halogens is 3. The number of aromatic nitrogens is 1. The fraction of sp³-hybridized carbons (Fsp3) is 0.152. The van der Waals surface area contributed by atoms with Crippen molar-refractivity contribution in [2.75, 3.05) is 0 Å². The summed E-state index contributed by atoms with van der Waals surface area (Å²) in [5.41, 5.74) is 4.60. The molecule has 0 spiro atoms. The number of nitrogens with zero attached hydrogens (tertiary/aromatic N) is 1. The fourth-order valence-corrected chi connectivity index (χ4v) is 4.65. The number of hydrogen-bond donors (Lipinski definition) is 1. The third-order valence-electron chi connectivity index (χ3n) is 6.09. The van der Waals surface area contributed by atoms with Crippen LogP contribution in [0, 0.1) is 19.9 Å². The van der Waals surface area contributed by atoms with Crippen LogP contribution in [0.5, 0.6) is 0 Å². The molecule has 5 aromatic rings. The van der Waals surface area contributed by atoms with Gasteiger partial charge in [-0.3, -0.25) is 4.79 Å². The molecule has 1 aromatic heterocycles. The molecular weight excluding hydrogens is 692 g/mol. The number of allylic oxidation sites excluding steroid dienone is 2. The van der Waals surface area contributed by atoms with Crippen molar-refractivity contribution >= 4 is 27.3 Å². The van der Waals surface area contributed by atoms with E-state index in [9.17, 15) is 18.0 Å². The van der Waals surface area contributed by atoms with Crippen LogP contribution in [0.25, 0.3) is 43.9 Å². The van der Waals surface area contributed by atoms with E-state index >= 15 is 0 Å². The number of aliphatic hydroxyl groups excluding tert-OH is 1. The standard InChI is InChI=1S/C28H19F3N.C5H8O2.Ir/c1-17-12-18(2)14-21(13-17)27-26-20(10-11-32-27)15-24(19-6-4-3-5-7-19)25-16-22(28(29,30)31)8-9-23(25)26;1-4(6)3-5(2)7;/h3-13,15-16H,1-2H3;3,6H,1-2H3;/q-1;;/b;4-3-;. The van der Waals surface area contributed by atoms with Gasteiger partial charge in [0.05, 0.1) is 11.3 Å². The quantitative estimate of drug-likeness (QED) is 0.0877. The van der Waals surface area contributed by atoms with E-state index in [2.05, 4.69) is 11.1 Å². The van der Waals surface area contributed by atoms with Gasteiger partial charge in [0.25, 0.3) is 0 Å². The predicted octanol–water partition coefficient (Wildman–Crippen LogP) is 9.19. The first kappa shape index (κ1) is 30.7. The first-order valence-electron chi connectivity index (χ1n) is 12.3. The van der Waals surface area contributed by atoms with E-state index in [1.165, 1.54) is 26.0 Å². The number of ketones is 1. The molecule has 0 bridgehead atoms. The number of aryl methyl sites for hydroxylation is 2. The Balaban J connectivity index is 0.000000492. The molecule has 5 rings (SSSR count). The summed E-state index contributed by atoms with van der Waals surface area (Å²) >= 11 is 0. The molecular formula is C33H27F3IrNO2-. The van der Waals surface area contributed by atoms with Crippen LogP contribution in [0.2, 0.25) is 0 Å². The van der Waals surface area contributed by atoms with Crippen LogP contribution in [0.1, 0.15) is 30.5 Å². The normalized spacial score (nSPS) is 11.5. The van der Waals surface area contributed by atoms with Crippen molar-refractivity contribution in [2.45, 2.75) is 33.9 Å². The van der Waals surface area contributed by atoms with Gasteiger partial charge in [0.2, 0.25) is 0 Å².